The minimum absolute atomic E-state index is 0.109. The first kappa shape index (κ1) is 12.0. The van der Waals surface area contributed by atoms with E-state index in [4.69, 9.17) is 0 Å². The van der Waals surface area contributed by atoms with Crippen LogP contribution < -0.4 is 0 Å². The number of amides is 1. The zero-order valence-corrected chi connectivity index (χ0v) is 11.4. The second kappa shape index (κ2) is 5.23. The molecule has 1 heterocycles. The van der Waals surface area contributed by atoms with E-state index in [1.54, 1.807) is 0 Å². The lowest BCUT2D eigenvalue weighted by atomic mass is 10.1. The Morgan fingerprint density at radius 3 is 2.56 bits per heavy atom. The maximum atomic E-state index is 12.2. The lowest BCUT2D eigenvalue weighted by Gasteiger charge is -2.27. The lowest BCUT2D eigenvalue weighted by Crippen LogP contribution is -2.35. The average Bonchev–Trinajstić information content (AvgIpc) is 2.29. The summed E-state index contributed by atoms with van der Waals surface area (Å²) in [6, 6.07) is 5.58. The molecule has 0 aromatic heterocycles. The van der Waals surface area contributed by atoms with E-state index in [0.29, 0.717) is 5.56 Å². The third-order valence-corrected chi connectivity index (χ3v) is 3.70. The lowest BCUT2D eigenvalue weighted by molar-refractivity contribution is 0.0721. The number of nitrogens with zero attached hydrogens (tertiary/aromatic N) is 1. The summed E-state index contributed by atoms with van der Waals surface area (Å²) in [4.78, 5) is 14.9. The molecule has 1 fully saturated rings. The van der Waals surface area contributed by atoms with Crippen LogP contribution in [0.5, 0.6) is 0 Å². The molecule has 0 saturated carbocycles. The number of benzene rings is 1. The van der Waals surface area contributed by atoms with Crippen molar-refractivity contribution in [3.8, 4) is 0 Å². The van der Waals surface area contributed by atoms with Crippen LogP contribution in [0, 0.1) is 0 Å². The van der Waals surface area contributed by atoms with Gasteiger partial charge in [-0.25, -0.2) is 0 Å². The molecule has 0 spiro atoms. The average molecular weight is 300 g/mol. The number of piperidine rings is 1. The molecule has 4 heteroatoms. The monoisotopic (exact) mass is 299 g/mol. The molecule has 1 amide bonds. The first-order valence-electron chi connectivity index (χ1n) is 5.46. The highest BCUT2D eigenvalue weighted by atomic mass is 79.9. The highest BCUT2D eigenvalue weighted by molar-refractivity contribution is 9.10. The summed E-state index contributed by atoms with van der Waals surface area (Å²) in [6.45, 7) is 1.75. The molecule has 0 unspecified atom stereocenters. The van der Waals surface area contributed by atoms with Crippen molar-refractivity contribution in [1.82, 2.24) is 4.90 Å². The van der Waals surface area contributed by atoms with Crippen LogP contribution in [-0.2, 0) is 0 Å². The summed E-state index contributed by atoms with van der Waals surface area (Å²) in [5, 5.41) is 0. The van der Waals surface area contributed by atoms with E-state index in [2.05, 4.69) is 28.6 Å². The molecule has 1 aromatic carbocycles. The molecular formula is C12H14BrNOS. The van der Waals surface area contributed by atoms with Crippen molar-refractivity contribution in [2.75, 3.05) is 13.1 Å². The Kier molecular flexibility index (Phi) is 3.92. The van der Waals surface area contributed by atoms with Gasteiger partial charge < -0.3 is 4.90 Å². The minimum Gasteiger partial charge on any atom is -0.339 e. The number of likely N-dealkylation sites (tertiary alicyclic amines) is 1. The Morgan fingerprint density at radius 2 is 1.94 bits per heavy atom. The number of thiol groups is 1. The van der Waals surface area contributed by atoms with E-state index in [1.165, 1.54) is 6.42 Å². The topological polar surface area (TPSA) is 20.3 Å². The van der Waals surface area contributed by atoms with Gasteiger partial charge in [0.25, 0.3) is 5.91 Å². The molecule has 0 atom stereocenters. The van der Waals surface area contributed by atoms with E-state index in [1.807, 2.05) is 23.1 Å². The van der Waals surface area contributed by atoms with Crippen LogP contribution in [0.3, 0.4) is 0 Å². The largest absolute Gasteiger partial charge is 0.339 e. The van der Waals surface area contributed by atoms with Crippen LogP contribution in [0.2, 0.25) is 0 Å². The summed E-state index contributed by atoms with van der Waals surface area (Å²) in [5.41, 5.74) is 0.702. The zero-order chi connectivity index (χ0) is 11.5. The zero-order valence-electron chi connectivity index (χ0n) is 8.95. The second-order valence-corrected chi connectivity index (χ2v) is 5.41. The van der Waals surface area contributed by atoms with Crippen molar-refractivity contribution in [3.05, 3.63) is 28.2 Å². The van der Waals surface area contributed by atoms with E-state index < -0.39 is 0 Å². The van der Waals surface area contributed by atoms with Gasteiger partial charge in [-0.1, -0.05) is 15.9 Å². The normalized spacial score (nSPS) is 16.2. The molecule has 2 rings (SSSR count). The van der Waals surface area contributed by atoms with Gasteiger partial charge in [0.05, 0.1) is 5.56 Å². The van der Waals surface area contributed by atoms with Gasteiger partial charge >= 0.3 is 0 Å². The van der Waals surface area contributed by atoms with E-state index >= 15 is 0 Å². The van der Waals surface area contributed by atoms with Gasteiger partial charge in [0.2, 0.25) is 0 Å². The van der Waals surface area contributed by atoms with Crippen molar-refractivity contribution in [3.63, 3.8) is 0 Å². The van der Waals surface area contributed by atoms with Gasteiger partial charge in [-0.3, -0.25) is 4.79 Å². The number of hydrogen-bond acceptors (Lipinski definition) is 2. The molecule has 2 nitrogen and oxygen atoms in total. The Hall–Kier alpha value is -0.480. The van der Waals surface area contributed by atoms with Gasteiger partial charge in [0, 0.05) is 22.5 Å². The first-order chi connectivity index (χ1) is 7.68. The SMILES string of the molecule is O=C(c1ccc(Br)cc1S)N1CCCCC1. The van der Waals surface area contributed by atoms with Gasteiger partial charge in [-0.05, 0) is 37.5 Å². The van der Waals surface area contributed by atoms with Gasteiger partial charge in [0.1, 0.15) is 0 Å². The van der Waals surface area contributed by atoms with E-state index in [0.717, 1.165) is 35.3 Å². The maximum absolute atomic E-state index is 12.2. The molecule has 1 saturated heterocycles. The maximum Gasteiger partial charge on any atom is 0.254 e. The summed E-state index contributed by atoms with van der Waals surface area (Å²) >= 11 is 7.72. The smallest absolute Gasteiger partial charge is 0.254 e. The van der Waals surface area contributed by atoms with Gasteiger partial charge in [0.15, 0.2) is 0 Å². The Bertz CT molecular complexity index is 402. The van der Waals surface area contributed by atoms with E-state index in [9.17, 15) is 4.79 Å². The highest BCUT2D eigenvalue weighted by Gasteiger charge is 2.19. The van der Waals surface area contributed by atoms with E-state index in [-0.39, 0.29) is 5.91 Å². The molecular weight excluding hydrogens is 286 g/mol. The molecule has 0 radical (unpaired) electrons. The van der Waals surface area contributed by atoms with Crippen LogP contribution in [-0.4, -0.2) is 23.9 Å². The number of halogens is 1. The third-order valence-electron chi connectivity index (χ3n) is 2.83. The summed E-state index contributed by atoms with van der Waals surface area (Å²) < 4.78 is 0.952. The number of carbonyl (C=O) groups excluding carboxylic acids is 1. The molecule has 16 heavy (non-hydrogen) atoms. The summed E-state index contributed by atoms with van der Waals surface area (Å²) in [6.07, 6.45) is 3.46. The molecule has 1 aliphatic heterocycles. The summed E-state index contributed by atoms with van der Waals surface area (Å²) in [5.74, 6) is 0.109. The fourth-order valence-corrected chi connectivity index (χ4v) is 2.80. The Morgan fingerprint density at radius 1 is 1.25 bits per heavy atom. The third kappa shape index (κ3) is 2.61. The summed E-state index contributed by atoms with van der Waals surface area (Å²) in [7, 11) is 0. The Labute approximate surface area is 110 Å². The second-order valence-electron chi connectivity index (χ2n) is 4.01. The van der Waals surface area contributed by atoms with Crippen LogP contribution in [0.25, 0.3) is 0 Å². The van der Waals surface area contributed by atoms with Gasteiger partial charge in [-0.2, -0.15) is 0 Å². The molecule has 86 valence electrons. The predicted molar refractivity (Wildman–Crippen MR) is 71.1 cm³/mol. The molecule has 0 aliphatic carbocycles. The molecule has 0 N–H and O–H groups in total. The standard InChI is InChI=1S/C12H14BrNOS/c13-9-4-5-10(11(16)8-9)12(15)14-6-2-1-3-7-14/h4-5,8,16H,1-3,6-7H2. The van der Waals surface area contributed by atoms with Crippen molar-refractivity contribution >= 4 is 34.5 Å². The molecule has 0 bridgehead atoms. The van der Waals surface area contributed by atoms with Crippen molar-refractivity contribution in [1.29, 1.82) is 0 Å². The fourth-order valence-electron chi connectivity index (χ4n) is 1.95. The minimum atomic E-state index is 0.109. The van der Waals surface area contributed by atoms with Gasteiger partial charge in [-0.15, -0.1) is 12.6 Å². The van der Waals surface area contributed by atoms with Crippen LogP contribution in [0.15, 0.2) is 27.6 Å². The fraction of sp³-hybridized carbons (Fsp3) is 0.417. The predicted octanol–water partition coefficient (Wildman–Crippen LogP) is 3.36. The highest BCUT2D eigenvalue weighted by Crippen LogP contribution is 2.22. The van der Waals surface area contributed by atoms with Crippen LogP contribution in [0.1, 0.15) is 29.6 Å². The van der Waals surface area contributed by atoms with Crippen LogP contribution in [0.4, 0.5) is 0 Å². The Balaban J connectivity index is 2.19. The molecule has 1 aliphatic rings. The van der Waals surface area contributed by atoms with Crippen molar-refractivity contribution in [2.45, 2.75) is 24.2 Å². The number of carbonyl (C=O) groups is 1. The quantitative estimate of drug-likeness (QED) is 0.789. The molecule has 1 aromatic rings. The number of hydrogen-bond donors (Lipinski definition) is 1. The van der Waals surface area contributed by atoms with Crippen molar-refractivity contribution in [2.24, 2.45) is 0 Å². The van der Waals surface area contributed by atoms with Crippen LogP contribution >= 0.6 is 28.6 Å². The first-order valence-corrected chi connectivity index (χ1v) is 6.70. The van der Waals surface area contributed by atoms with Crippen molar-refractivity contribution < 1.29 is 4.79 Å². The number of rotatable bonds is 1.